The molecule has 3 rings (SSSR count). The lowest BCUT2D eigenvalue weighted by atomic mass is 9.92. The third kappa shape index (κ3) is 8.91. The fourth-order valence-electron chi connectivity index (χ4n) is 4.83. The molecule has 1 heterocycles. The second-order valence-electron chi connectivity index (χ2n) is 10.8. The van der Waals surface area contributed by atoms with Crippen LogP contribution in [0.2, 0.25) is 0 Å². The van der Waals surface area contributed by atoms with Gasteiger partial charge in [-0.1, -0.05) is 35.4 Å². The minimum Gasteiger partial charge on any atom is -0.497 e. The fraction of sp³-hybridized carbons (Fsp3) is 0.469. The molecule has 1 saturated heterocycles. The van der Waals surface area contributed by atoms with Crippen molar-refractivity contribution < 1.29 is 32.6 Å². The van der Waals surface area contributed by atoms with E-state index < -0.39 is 20.5 Å². The van der Waals surface area contributed by atoms with Crippen molar-refractivity contribution in [1.29, 1.82) is 0 Å². The summed E-state index contributed by atoms with van der Waals surface area (Å²) in [6.07, 6.45) is 5.16. The molecule has 0 radical (unpaired) electrons. The van der Waals surface area contributed by atoms with Gasteiger partial charge < -0.3 is 14.2 Å². The average molecular weight is 601 g/mol. The zero-order chi connectivity index (χ0) is 30.6. The highest BCUT2D eigenvalue weighted by molar-refractivity contribution is 7.93. The number of hydrogen-bond acceptors (Lipinski definition) is 8. The van der Waals surface area contributed by atoms with E-state index in [0.717, 1.165) is 51.3 Å². The van der Waals surface area contributed by atoms with Crippen molar-refractivity contribution in [3.05, 3.63) is 77.4 Å². The van der Waals surface area contributed by atoms with E-state index in [1.165, 1.54) is 36.9 Å². The summed E-state index contributed by atoms with van der Waals surface area (Å²) in [4.78, 5) is 15.7. The molecule has 230 valence electrons. The Bertz CT molecular complexity index is 1310. The molecule has 1 aliphatic heterocycles. The van der Waals surface area contributed by atoms with Crippen LogP contribution in [0.1, 0.15) is 45.6 Å². The van der Waals surface area contributed by atoms with Gasteiger partial charge in [-0.15, -0.1) is 0 Å². The van der Waals surface area contributed by atoms with Crippen molar-refractivity contribution in [2.24, 2.45) is 0 Å². The number of hydrogen-bond donors (Lipinski definition) is 2. The Morgan fingerprint density at radius 1 is 1.02 bits per heavy atom. The predicted octanol–water partition coefficient (Wildman–Crippen LogP) is 4.75. The third-order valence-corrected chi connectivity index (χ3v) is 9.88. The highest BCUT2D eigenvalue weighted by Gasteiger charge is 2.50. The van der Waals surface area contributed by atoms with Crippen LogP contribution in [0.25, 0.3) is 0 Å². The van der Waals surface area contributed by atoms with E-state index in [9.17, 15) is 18.4 Å². The van der Waals surface area contributed by atoms with Gasteiger partial charge in [0.05, 0.1) is 25.2 Å². The van der Waals surface area contributed by atoms with E-state index in [1.54, 1.807) is 35.8 Å². The standard InChI is InChI=1S/C32H44N2O7S/c1-25(2)6-5-7-26(3)16-17-32(31(35)33-36,42(37,38)30-14-12-28(39-4)13-15-30)24-27-8-10-29(11-9-27)41-23-20-34-18-21-40-22-19-34/h6,8-16,36H,5,7,17-24H2,1-4H3,(H,33,35)/b26-16+. The second kappa shape index (κ2) is 15.9. The van der Waals surface area contributed by atoms with Gasteiger partial charge >= 0.3 is 0 Å². The number of nitrogens with zero attached hydrogens (tertiary/aromatic N) is 1. The summed E-state index contributed by atoms with van der Waals surface area (Å²) in [5.41, 5.74) is 4.43. The van der Waals surface area contributed by atoms with Gasteiger partial charge in [-0.2, -0.15) is 0 Å². The Kier molecular flexibility index (Phi) is 12.6. The highest BCUT2D eigenvalue weighted by atomic mass is 32.2. The van der Waals surface area contributed by atoms with E-state index in [1.807, 2.05) is 20.8 Å². The van der Waals surface area contributed by atoms with Crippen LogP contribution in [0.4, 0.5) is 0 Å². The summed E-state index contributed by atoms with van der Waals surface area (Å²) in [5.74, 6) is 0.153. The summed E-state index contributed by atoms with van der Waals surface area (Å²) in [5, 5.41) is 9.81. The maximum atomic E-state index is 14.2. The van der Waals surface area contributed by atoms with Crippen LogP contribution >= 0.6 is 0 Å². The minimum absolute atomic E-state index is 0.0365. The van der Waals surface area contributed by atoms with Crippen LogP contribution < -0.4 is 15.0 Å². The molecule has 0 aliphatic carbocycles. The SMILES string of the molecule is COc1ccc(S(=O)(=O)C(C/C=C(\C)CCC=C(C)C)(Cc2ccc(OCCN3CCOCC3)cc2)C(=O)NO)cc1. The molecule has 1 amide bonds. The third-order valence-electron chi connectivity index (χ3n) is 7.46. The zero-order valence-electron chi connectivity index (χ0n) is 25.1. The first-order valence-electron chi connectivity index (χ1n) is 14.3. The smallest absolute Gasteiger partial charge is 0.265 e. The Morgan fingerprint density at radius 3 is 2.26 bits per heavy atom. The van der Waals surface area contributed by atoms with Gasteiger partial charge in [0, 0.05) is 26.1 Å². The van der Waals surface area contributed by atoms with Crippen molar-refractivity contribution in [3.63, 3.8) is 0 Å². The lowest BCUT2D eigenvalue weighted by Gasteiger charge is -2.31. The van der Waals surface area contributed by atoms with Crippen LogP contribution in [0.15, 0.2) is 76.7 Å². The lowest BCUT2D eigenvalue weighted by Crippen LogP contribution is -2.53. The Balaban J connectivity index is 1.90. The van der Waals surface area contributed by atoms with Crippen LogP contribution in [-0.4, -0.2) is 75.7 Å². The number of carbonyl (C=O) groups excluding carboxylic acids is 1. The normalized spacial score (nSPS) is 15.9. The van der Waals surface area contributed by atoms with Gasteiger partial charge in [-0.25, -0.2) is 13.9 Å². The number of sulfone groups is 1. The predicted molar refractivity (Wildman–Crippen MR) is 163 cm³/mol. The molecule has 10 heteroatoms. The molecule has 0 bridgehead atoms. The molecule has 2 N–H and O–H groups in total. The van der Waals surface area contributed by atoms with Crippen molar-refractivity contribution in [1.82, 2.24) is 10.4 Å². The summed E-state index contributed by atoms with van der Waals surface area (Å²) < 4.78 is 43.0. The van der Waals surface area contributed by atoms with E-state index in [4.69, 9.17) is 14.2 Å². The van der Waals surface area contributed by atoms with Gasteiger partial charge in [0.2, 0.25) is 0 Å². The van der Waals surface area contributed by atoms with Gasteiger partial charge in [0.25, 0.3) is 5.91 Å². The number of morpholine rings is 1. The first-order valence-corrected chi connectivity index (χ1v) is 15.7. The van der Waals surface area contributed by atoms with E-state index in [-0.39, 0.29) is 17.7 Å². The summed E-state index contributed by atoms with van der Waals surface area (Å²) in [7, 11) is -2.80. The van der Waals surface area contributed by atoms with Crippen molar-refractivity contribution in [3.8, 4) is 11.5 Å². The lowest BCUT2D eigenvalue weighted by molar-refractivity contribution is -0.131. The molecule has 1 atom stereocenters. The second-order valence-corrected chi connectivity index (χ2v) is 13.1. The van der Waals surface area contributed by atoms with E-state index >= 15 is 0 Å². The first kappa shape index (κ1) is 33.3. The topological polar surface area (TPSA) is 114 Å². The van der Waals surface area contributed by atoms with Gasteiger partial charge in [0.1, 0.15) is 18.1 Å². The fourth-order valence-corrected chi connectivity index (χ4v) is 6.73. The quantitative estimate of drug-likeness (QED) is 0.171. The Hall–Kier alpha value is -3.18. The maximum absolute atomic E-state index is 14.2. The molecule has 42 heavy (non-hydrogen) atoms. The largest absolute Gasteiger partial charge is 0.497 e. The number of carbonyl (C=O) groups is 1. The molecular weight excluding hydrogens is 556 g/mol. The van der Waals surface area contributed by atoms with Crippen molar-refractivity contribution in [2.75, 3.05) is 46.6 Å². The molecule has 1 unspecified atom stereocenters. The van der Waals surface area contributed by atoms with Crippen LogP contribution in [0.5, 0.6) is 11.5 Å². The number of nitrogens with one attached hydrogen (secondary N) is 1. The number of ether oxygens (including phenoxy) is 3. The number of methoxy groups -OCH3 is 1. The number of hydroxylamine groups is 1. The van der Waals surface area contributed by atoms with Crippen LogP contribution in [0.3, 0.4) is 0 Å². The van der Waals surface area contributed by atoms with Crippen LogP contribution in [-0.2, 0) is 25.8 Å². The van der Waals surface area contributed by atoms with E-state index in [2.05, 4.69) is 11.0 Å². The summed E-state index contributed by atoms with van der Waals surface area (Å²) in [6, 6.07) is 13.0. The van der Waals surface area contributed by atoms with Gasteiger partial charge in [-0.3, -0.25) is 14.9 Å². The highest BCUT2D eigenvalue weighted by Crippen LogP contribution is 2.35. The first-order chi connectivity index (χ1) is 20.1. The Labute approximate surface area is 250 Å². The van der Waals surface area contributed by atoms with Gasteiger partial charge in [-0.05, 0) is 82.0 Å². The van der Waals surface area contributed by atoms with Crippen molar-refractivity contribution in [2.45, 2.75) is 56.1 Å². The monoisotopic (exact) mass is 600 g/mol. The molecule has 9 nitrogen and oxygen atoms in total. The molecule has 2 aromatic rings. The average Bonchev–Trinajstić information content (AvgIpc) is 3.00. The number of rotatable bonds is 15. The number of amides is 1. The maximum Gasteiger partial charge on any atom is 0.265 e. The molecule has 0 aromatic heterocycles. The molecule has 2 aromatic carbocycles. The van der Waals surface area contributed by atoms with Gasteiger partial charge in [0.15, 0.2) is 14.6 Å². The molecule has 0 saturated carbocycles. The number of benzene rings is 2. The van der Waals surface area contributed by atoms with E-state index in [0.29, 0.717) is 23.7 Å². The summed E-state index contributed by atoms with van der Waals surface area (Å²) >= 11 is 0. The molecule has 1 fully saturated rings. The van der Waals surface area contributed by atoms with Crippen LogP contribution in [0, 0.1) is 0 Å². The van der Waals surface area contributed by atoms with Crippen molar-refractivity contribution >= 4 is 15.7 Å². The number of allylic oxidation sites excluding steroid dienone is 4. The zero-order valence-corrected chi connectivity index (χ0v) is 25.9. The molecule has 0 spiro atoms. The Morgan fingerprint density at radius 2 is 1.67 bits per heavy atom. The molecule has 1 aliphatic rings. The molecular formula is C32H44N2O7S. The summed E-state index contributed by atoms with van der Waals surface area (Å²) in [6.45, 7) is 10.5. The minimum atomic E-state index is -4.29.